The Hall–Kier alpha value is -1.36. The molecular weight excluding hydrogens is 307 g/mol. The normalized spacial score (nSPS) is 22.3. The van der Waals surface area contributed by atoms with Gasteiger partial charge in [-0.25, -0.2) is 4.39 Å². The second-order valence-corrected chi connectivity index (χ2v) is 7.48. The van der Waals surface area contributed by atoms with Gasteiger partial charge < -0.3 is 4.90 Å². The Morgan fingerprint density at radius 2 is 1.78 bits per heavy atom. The van der Waals surface area contributed by atoms with Gasteiger partial charge in [0.2, 0.25) is 0 Å². The Bertz CT molecular complexity index is 710. The summed E-state index contributed by atoms with van der Waals surface area (Å²) < 4.78 is 14.3. The molecular formula is C19H21FN2S. The third kappa shape index (κ3) is 2.91. The minimum absolute atomic E-state index is 0.0960. The van der Waals surface area contributed by atoms with Crippen molar-refractivity contribution in [1.29, 1.82) is 0 Å². The molecule has 2 aromatic carbocycles. The summed E-state index contributed by atoms with van der Waals surface area (Å²) in [6, 6.07) is 14.3. The van der Waals surface area contributed by atoms with Crippen LogP contribution in [0.4, 0.5) is 4.39 Å². The van der Waals surface area contributed by atoms with Crippen molar-refractivity contribution in [2.75, 3.05) is 33.2 Å². The van der Waals surface area contributed by atoms with Gasteiger partial charge >= 0.3 is 0 Å². The Labute approximate surface area is 141 Å². The monoisotopic (exact) mass is 328 g/mol. The summed E-state index contributed by atoms with van der Waals surface area (Å²) in [5, 5.41) is 0. The fraction of sp³-hybridized carbons (Fsp3) is 0.368. The summed E-state index contributed by atoms with van der Waals surface area (Å²) >= 11 is 1.59. The Balaban J connectivity index is 1.76. The lowest BCUT2D eigenvalue weighted by molar-refractivity contribution is 0.110. The van der Waals surface area contributed by atoms with Gasteiger partial charge in [0.05, 0.1) is 4.90 Å². The summed E-state index contributed by atoms with van der Waals surface area (Å²) in [6.07, 6.45) is 0.890. The van der Waals surface area contributed by atoms with Crippen LogP contribution in [-0.2, 0) is 6.42 Å². The van der Waals surface area contributed by atoms with E-state index in [2.05, 4.69) is 47.2 Å². The molecule has 0 N–H and O–H groups in total. The number of nitrogens with zero attached hydrogens (tertiary/aromatic N) is 2. The molecule has 0 aromatic heterocycles. The third-order valence-electron chi connectivity index (χ3n) is 4.93. The summed E-state index contributed by atoms with van der Waals surface area (Å²) in [6.45, 7) is 4.35. The molecule has 0 spiro atoms. The molecule has 120 valence electrons. The van der Waals surface area contributed by atoms with Gasteiger partial charge in [-0.1, -0.05) is 42.1 Å². The van der Waals surface area contributed by atoms with Crippen molar-refractivity contribution >= 4 is 11.8 Å². The van der Waals surface area contributed by atoms with E-state index in [0.29, 0.717) is 6.04 Å². The van der Waals surface area contributed by atoms with Crippen LogP contribution in [0.1, 0.15) is 17.2 Å². The lowest BCUT2D eigenvalue weighted by Crippen LogP contribution is -2.46. The highest BCUT2D eigenvalue weighted by Gasteiger charge is 2.29. The molecule has 23 heavy (non-hydrogen) atoms. The third-order valence-corrected chi connectivity index (χ3v) is 6.18. The number of benzene rings is 2. The Kier molecular flexibility index (Phi) is 4.14. The largest absolute Gasteiger partial charge is 0.304 e. The molecule has 2 aliphatic heterocycles. The topological polar surface area (TPSA) is 6.48 Å². The predicted octanol–water partition coefficient (Wildman–Crippen LogP) is 3.82. The highest BCUT2D eigenvalue weighted by Crippen LogP contribution is 2.43. The van der Waals surface area contributed by atoms with Crippen LogP contribution in [0.5, 0.6) is 0 Å². The molecule has 0 bridgehead atoms. The van der Waals surface area contributed by atoms with Gasteiger partial charge in [-0.05, 0) is 36.7 Å². The van der Waals surface area contributed by atoms with Crippen molar-refractivity contribution in [3.63, 3.8) is 0 Å². The molecule has 4 rings (SSSR count). The van der Waals surface area contributed by atoms with E-state index in [-0.39, 0.29) is 5.82 Å². The molecule has 0 amide bonds. The molecule has 0 radical (unpaired) electrons. The lowest BCUT2D eigenvalue weighted by atomic mass is 9.96. The van der Waals surface area contributed by atoms with Crippen molar-refractivity contribution in [1.82, 2.24) is 9.80 Å². The molecule has 2 nitrogen and oxygen atoms in total. The van der Waals surface area contributed by atoms with Crippen LogP contribution in [0.2, 0.25) is 0 Å². The maximum Gasteiger partial charge on any atom is 0.137 e. The second-order valence-electron chi connectivity index (χ2n) is 6.43. The van der Waals surface area contributed by atoms with E-state index in [1.54, 1.807) is 17.8 Å². The number of hydrogen-bond acceptors (Lipinski definition) is 3. The van der Waals surface area contributed by atoms with E-state index in [0.717, 1.165) is 43.1 Å². The number of rotatable bonds is 1. The van der Waals surface area contributed by atoms with Crippen LogP contribution in [-0.4, -0.2) is 43.0 Å². The van der Waals surface area contributed by atoms with E-state index in [9.17, 15) is 4.39 Å². The quantitative estimate of drug-likeness (QED) is 0.786. The first kappa shape index (κ1) is 15.2. The molecule has 0 aliphatic carbocycles. The average molecular weight is 328 g/mol. The van der Waals surface area contributed by atoms with Crippen LogP contribution < -0.4 is 0 Å². The summed E-state index contributed by atoms with van der Waals surface area (Å²) in [5.74, 6) is -0.0960. The minimum atomic E-state index is -0.0960. The maximum atomic E-state index is 14.3. The van der Waals surface area contributed by atoms with Crippen LogP contribution in [0, 0.1) is 5.82 Å². The van der Waals surface area contributed by atoms with E-state index in [4.69, 9.17) is 0 Å². The first-order chi connectivity index (χ1) is 11.2. The maximum absolute atomic E-state index is 14.3. The van der Waals surface area contributed by atoms with Crippen molar-refractivity contribution in [3.8, 4) is 0 Å². The number of fused-ring (bicyclic) bond motifs is 2. The number of likely N-dealkylation sites (N-methyl/N-ethyl adjacent to an activating group) is 1. The van der Waals surface area contributed by atoms with Crippen LogP contribution in [0.25, 0.3) is 0 Å². The van der Waals surface area contributed by atoms with Crippen molar-refractivity contribution in [2.24, 2.45) is 0 Å². The molecule has 4 heteroatoms. The number of piperazine rings is 1. The predicted molar refractivity (Wildman–Crippen MR) is 92.5 cm³/mol. The van der Waals surface area contributed by atoms with Gasteiger partial charge in [-0.15, -0.1) is 0 Å². The van der Waals surface area contributed by atoms with E-state index >= 15 is 0 Å². The highest BCUT2D eigenvalue weighted by molar-refractivity contribution is 7.99. The SMILES string of the molecule is CN1CCN(C2Cc3cccc(F)c3Sc3ccccc32)CC1. The van der Waals surface area contributed by atoms with Crippen molar-refractivity contribution < 1.29 is 4.39 Å². The fourth-order valence-electron chi connectivity index (χ4n) is 3.56. The first-order valence-electron chi connectivity index (χ1n) is 8.19. The van der Waals surface area contributed by atoms with Crippen LogP contribution >= 0.6 is 11.8 Å². The van der Waals surface area contributed by atoms with Crippen molar-refractivity contribution in [2.45, 2.75) is 22.3 Å². The molecule has 1 unspecified atom stereocenters. The number of hydrogen-bond donors (Lipinski definition) is 0. The minimum Gasteiger partial charge on any atom is -0.304 e. The summed E-state index contributed by atoms with van der Waals surface area (Å²) in [5.41, 5.74) is 2.48. The van der Waals surface area contributed by atoms with Gasteiger partial charge in [-0.3, -0.25) is 4.90 Å². The van der Waals surface area contributed by atoms with Gasteiger partial charge in [0.25, 0.3) is 0 Å². The van der Waals surface area contributed by atoms with Gasteiger partial charge in [-0.2, -0.15) is 0 Å². The van der Waals surface area contributed by atoms with E-state index in [1.807, 2.05) is 6.07 Å². The molecule has 2 aromatic rings. The van der Waals surface area contributed by atoms with E-state index in [1.165, 1.54) is 10.5 Å². The van der Waals surface area contributed by atoms with Gasteiger partial charge in [0, 0.05) is 37.1 Å². The van der Waals surface area contributed by atoms with Crippen LogP contribution in [0.3, 0.4) is 0 Å². The molecule has 2 aliphatic rings. The smallest absolute Gasteiger partial charge is 0.137 e. The molecule has 2 heterocycles. The zero-order valence-corrected chi connectivity index (χ0v) is 14.2. The fourth-order valence-corrected chi connectivity index (χ4v) is 4.70. The standard InChI is InChI=1S/C19H21FN2S/c1-21-9-11-22(12-10-21)17-13-14-5-4-7-16(20)19(14)23-18-8-3-2-6-15(17)18/h2-8,17H,9-13H2,1H3. The Morgan fingerprint density at radius 3 is 2.61 bits per heavy atom. The van der Waals surface area contributed by atoms with Crippen molar-refractivity contribution in [3.05, 3.63) is 59.4 Å². The molecule has 1 saturated heterocycles. The molecule has 0 saturated carbocycles. The number of halogens is 1. The van der Waals surface area contributed by atoms with Gasteiger partial charge in [0.1, 0.15) is 5.82 Å². The Morgan fingerprint density at radius 1 is 1.00 bits per heavy atom. The average Bonchev–Trinajstić information content (AvgIpc) is 2.74. The zero-order chi connectivity index (χ0) is 15.8. The summed E-state index contributed by atoms with van der Waals surface area (Å²) in [4.78, 5) is 6.94. The zero-order valence-electron chi connectivity index (χ0n) is 13.3. The molecule has 1 atom stereocenters. The lowest BCUT2D eigenvalue weighted by Gasteiger charge is -2.38. The first-order valence-corrected chi connectivity index (χ1v) is 9.01. The highest BCUT2D eigenvalue weighted by atomic mass is 32.2. The molecule has 1 fully saturated rings. The summed E-state index contributed by atoms with van der Waals surface area (Å²) in [7, 11) is 2.18. The van der Waals surface area contributed by atoms with E-state index < -0.39 is 0 Å². The second kappa shape index (κ2) is 6.27. The van der Waals surface area contributed by atoms with Gasteiger partial charge in [0.15, 0.2) is 0 Å². The van der Waals surface area contributed by atoms with Crippen LogP contribution in [0.15, 0.2) is 52.3 Å².